The van der Waals surface area contributed by atoms with Crippen molar-refractivity contribution in [3.8, 4) is 34.3 Å². The quantitative estimate of drug-likeness (QED) is 0.407. The summed E-state index contributed by atoms with van der Waals surface area (Å²) in [5.41, 5.74) is 7.92. The first-order valence-electron chi connectivity index (χ1n) is 9.52. The van der Waals surface area contributed by atoms with E-state index in [2.05, 4.69) is 15.3 Å². The minimum absolute atomic E-state index is 0. The average molecular weight is 483 g/mol. The molecule has 0 aliphatic heterocycles. The third-order valence-electron chi connectivity index (χ3n) is 4.32. The van der Waals surface area contributed by atoms with Crippen LogP contribution >= 0.6 is 24.8 Å². The van der Waals surface area contributed by atoms with E-state index in [-0.39, 0.29) is 24.8 Å². The zero-order chi connectivity index (χ0) is 21.3. The highest BCUT2D eigenvalue weighted by molar-refractivity contribution is 5.85. The van der Waals surface area contributed by atoms with E-state index in [1.165, 1.54) is 0 Å². The number of anilines is 2. The van der Waals surface area contributed by atoms with Crippen molar-refractivity contribution < 1.29 is 18.9 Å². The average Bonchev–Trinajstić information content (AvgIpc) is 2.79. The largest absolute Gasteiger partial charge is 0.494 e. The molecule has 3 N–H and O–H groups in total. The molecule has 0 bridgehead atoms. The molecule has 0 unspecified atom stereocenters. The molecule has 0 aliphatic rings. The maximum Gasteiger partial charge on any atom is 0.227 e. The van der Waals surface area contributed by atoms with Gasteiger partial charge >= 0.3 is 0 Å². The second-order valence-electron chi connectivity index (χ2n) is 6.32. The monoisotopic (exact) mass is 482 g/mol. The molecule has 3 rings (SSSR count). The Hall–Kier alpha value is -2.94. The van der Waals surface area contributed by atoms with Gasteiger partial charge in [0.05, 0.1) is 33.6 Å². The van der Waals surface area contributed by atoms with Crippen LogP contribution in [0.4, 0.5) is 11.6 Å². The van der Waals surface area contributed by atoms with Crippen LogP contribution in [0.5, 0.6) is 23.0 Å². The van der Waals surface area contributed by atoms with Gasteiger partial charge in [-0.05, 0) is 31.2 Å². The van der Waals surface area contributed by atoms with Gasteiger partial charge in [0.1, 0.15) is 5.75 Å². The van der Waals surface area contributed by atoms with Crippen LogP contribution in [-0.2, 0) is 0 Å². The number of nitrogens with one attached hydrogen (secondary N) is 1. The molecular weight excluding hydrogens is 455 g/mol. The van der Waals surface area contributed by atoms with Crippen molar-refractivity contribution in [2.24, 2.45) is 5.73 Å². The number of hydrogen-bond donors (Lipinski definition) is 2. The van der Waals surface area contributed by atoms with Crippen LogP contribution in [0.1, 0.15) is 6.42 Å². The first-order valence-corrected chi connectivity index (χ1v) is 9.52. The molecule has 0 aliphatic carbocycles. The Morgan fingerprint density at radius 2 is 1.66 bits per heavy atom. The normalized spacial score (nSPS) is 9.75. The Morgan fingerprint density at radius 3 is 2.28 bits per heavy atom. The second-order valence-corrected chi connectivity index (χ2v) is 6.32. The van der Waals surface area contributed by atoms with Crippen LogP contribution in [0.3, 0.4) is 0 Å². The maximum absolute atomic E-state index is 5.73. The molecule has 1 aromatic heterocycles. The van der Waals surface area contributed by atoms with Crippen molar-refractivity contribution in [2.45, 2.75) is 6.42 Å². The summed E-state index contributed by atoms with van der Waals surface area (Å²) >= 11 is 0. The van der Waals surface area contributed by atoms with Gasteiger partial charge in [0.15, 0.2) is 11.5 Å². The Morgan fingerprint density at radius 1 is 0.938 bits per heavy atom. The van der Waals surface area contributed by atoms with E-state index in [9.17, 15) is 0 Å². The standard InChI is InChI=1S/C22H26N4O4.2ClH/c1-27-19-13-16(14-20(28-2)21(19)29-3)25-22-24-10-8-18(26-22)15-6-4-7-17(12-15)30-11-5-9-23;;/h4,6-8,10,12-14H,5,9,11,23H2,1-3H3,(H,24,25,26);2*1H. The third kappa shape index (κ3) is 6.78. The number of nitrogens with two attached hydrogens (primary N) is 1. The van der Waals surface area contributed by atoms with Crippen LogP contribution in [0, 0.1) is 0 Å². The fraction of sp³-hybridized carbons (Fsp3) is 0.273. The van der Waals surface area contributed by atoms with Gasteiger partial charge in [-0.1, -0.05) is 12.1 Å². The summed E-state index contributed by atoms with van der Waals surface area (Å²) in [6, 6.07) is 13.2. The molecule has 0 radical (unpaired) electrons. The van der Waals surface area contributed by atoms with Crippen LogP contribution in [0.25, 0.3) is 11.3 Å². The molecule has 0 spiro atoms. The van der Waals surface area contributed by atoms with Crippen LogP contribution in [0.2, 0.25) is 0 Å². The summed E-state index contributed by atoms with van der Waals surface area (Å²) in [7, 11) is 4.70. The second kappa shape index (κ2) is 13.5. The van der Waals surface area contributed by atoms with Gasteiger partial charge in [-0.3, -0.25) is 0 Å². The van der Waals surface area contributed by atoms with E-state index in [0.717, 1.165) is 23.4 Å². The van der Waals surface area contributed by atoms with Gasteiger partial charge in [-0.2, -0.15) is 0 Å². The number of ether oxygens (including phenoxy) is 4. The van der Waals surface area contributed by atoms with Crippen molar-refractivity contribution >= 4 is 36.4 Å². The third-order valence-corrected chi connectivity index (χ3v) is 4.32. The Bertz CT molecular complexity index is 967. The molecule has 2 aromatic carbocycles. The molecule has 0 fully saturated rings. The highest BCUT2D eigenvalue weighted by Gasteiger charge is 2.14. The highest BCUT2D eigenvalue weighted by atomic mass is 35.5. The topological polar surface area (TPSA) is 101 Å². The molecule has 0 atom stereocenters. The lowest BCUT2D eigenvalue weighted by Crippen LogP contribution is -2.06. The number of nitrogens with zero attached hydrogens (tertiary/aromatic N) is 2. The van der Waals surface area contributed by atoms with E-state index < -0.39 is 0 Å². The minimum Gasteiger partial charge on any atom is -0.494 e. The van der Waals surface area contributed by atoms with Gasteiger partial charge in [0.25, 0.3) is 0 Å². The maximum atomic E-state index is 5.73. The van der Waals surface area contributed by atoms with Crippen molar-refractivity contribution in [1.29, 1.82) is 0 Å². The van der Waals surface area contributed by atoms with Crippen molar-refractivity contribution in [3.05, 3.63) is 48.7 Å². The molecule has 10 heteroatoms. The number of benzene rings is 2. The van der Waals surface area contributed by atoms with Crippen molar-refractivity contribution in [3.63, 3.8) is 0 Å². The highest BCUT2D eigenvalue weighted by Crippen LogP contribution is 2.40. The molecule has 0 saturated heterocycles. The first-order chi connectivity index (χ1) is 14.7. The first kappa shape index (κ1) is 27.1. The summed E-state index contributed by atoms with van der Waals surface area (Å²) in [4.78, 5) is 8.94. The van der Waals surface area contributed by atoms with Gasteiger partial charge in [-0.15, -0.1) is 24.8 Å². The van der Waals surface area contributed by atoms with Gasteiger partial charge < -0.3 is 30.0 Å². The molecule has 0 amide bonds. The lowest BCUT2D eigenvalue weighted by Gasteiger charge is -2.14. The number of halogens is 2. The predicted octanol–water partition coefficient (Wildman–Crippen LogP) is 4.48. The van der Waals surface area contributed by atoms with E-state index in [1.807, 2.05) is 30.3 Å². The Kier molecular flexibility index (Phi) is 11.4. The van der Waals surface area contributed by atoms with Gasteiger partial charge in [0.2, 0.25) is 11.7 Å². The van der Waals surface area contributed by atoms with E-state index in [1.54, 1.807) is 39.7 Å². The number of aromatic nitrogens is 2. The minimum atomic E-state index is 0. The molecular formula is C22H28Cl2N4O4. The molecule has 174 valence electrons. The summed E-state index contributed by atoms with van der Waals surface area (Å²) in [6.45, 7) is 1.18. The molecule has 32 heavy (non-hydrogen) atoms. The number of rotatable bonds is 10. The summed E-state index contributed by atoms with van der Waals surface area (Å²) < 4.78 is 21.9. The summed E-state index contributed by atoms with van der Waals surface area (Å²) in [6.07, 6.45) is 2.51. The van der Waals surface area contributed by atoms with Gasteiger partial charge in [-0.25, -0.2) is 9.97 Å². The lowest BCUT2D eigenvalue weighted by atomic mass is 10.1. The van der Waals surface area contributed by atoms with Crippen molar-refractivity contribution in [2.75, 3.05) is 39.8 Å². The SMILES string of the molecule is COc1cc(Nc2nccc(-c3cccc(OCCCN)c3)n2)cc(OC)c1OC.Cl.Cl. The molecule has 1 heterocycles. The zero-order valence-corrected chi connectivity index (χ0v) is 19.8. The Labute approximate surface area is 200 Å². The molecule has 8 nitrogen and oxygen atoms in total. The van der Waals surface area contributed by atoms with E-state index in [0.29, 0.717) is 42.0 Å². The fourth-order valence-electron chi connectivity index (χ4n) is 2.88. The smallest absolute Gasteiger partial charge is 0.227 e. The number of hydrogen-bond acceptors (Lipinski definition) is 8. The molecule has 3 aromatic rings. The summed E-state index contributed by atoms with van der Waals surface area (Å²) in [5, 5.41) is 3.19. The predicted molar refractivity (Wildman–Crippen MR) is 131 cm³/mol. The van der Waals surface area contributed by atoms with E-state index in [4.69, 9.17) is 24.7 Å². The summed E-state index contributed by atoms with van der Waals surface area (Å²) in [5.74, 6) is 2.82. The van der Waals surface area contributed by atoms with Crippen molar-refractivity contribution in [1.82, 2.24) is 9.97 Å². The van der Waals surface area contributed by atoms with Crippen LogP contribution in [0.15, 0.2) is 48.7 Å². The Balaban J connectivity index is 0.00000256. The zero-order valence-electron chi connectivity index (χ0n) is 18.2. The van der Waals surface area contributed by atoms with Crippen LogP contribution in [-0.4, -0.2) is 44.4 Å². The lowest BCUT2D eigenvalue weighted by molar-refractivity contribution is 0.313. The molecule has 0 saturated carbocycles. The fourth-order valence-corrected chi connectivity index (χ4v) is 2.88. The van der Waals surface area contributed by atoms with Gasteiger partial charge in [0, 0.05) is 29.6 Å². The van der Waals surface area contributed by atoms with Crippen LogP contribution < -0.4 is 30.0 Å². The number of methoxy groups -OCH3 is 3. The van der Waals surface area contributed by atoms with E-state index >= 15 is 0 Å².